The van der Waals surface area contributed by atoms with Gasteiger partial charge in [-0.15, -0.1) is 0 Å². The standard InChI is InChI=1S/C13H20N2O3/c1-8(14)6-9(2)15-13(17)11-7-10(18-3)4-5-12(11)16/h4-5,7-9,16H,6,14H2,1-3H3,(H,15,17). The fraction of sp³-hybridized carbons (Fsp3) is 0.462. The maximum absolute atomic E-state index is 12.0. The Morgan fingerprint density at radius 1 is 1.50 bits per heavy atom. The summed E-state index contributed by atoms with van der Waals surface area (Å²) in [7, 11) is 1.51. The number of ether oxygens (including phenoxy) is 1. The topological polar surface area (TPSA) is 84.6 Å². The van der Waals surface area contributed by atoms with Crippen LogP contribution in [-0.4, -0.2) is 30.2 Å². The first-order valence-corrected chi connectivity index (χ1v) is 5.87. The van der Waals surface area contributed by atoms with Gasteiger partial charge in [-0.1, -0.05) is 0 Å². The van der Waals surface area contributed by atoms with Crippen molar-refractivity contribution < 1.29 is 14.6 Å². The number of nitrogens with two attached hydrogens (primary N) is 1. The van der Waals surface area contributed by atoms with Crippen molar-refractivity contribution in [2.45, 2.75) is 32.4 Å². The van der Waals surface area contributed by atoms with Crippen molar-refractivity contribution in [3.05, 3.63) is 23.8 Å². The second kappa shape index (κ2) is 6.26. The largest absolute Gasteiger partial charge is 0.507 e. The van der Waals surface area contributed by atoms with Crippen LogP contribution < -0.4 is 15.8 Å². The summed E-state index contributed by atoms with van der Waals surface area (Å²) in [5, 5.41) is 12.4. The highest BCUT2D eigenvalue weighted by Crippen LogP contribution is 2.22. The Bertz CT molecular complexity index is 419. The highest BCUT2D eigenvalue weighted by molar-refractivity contribution is 5.97. The average Bonchev–Trinajstić information content (AvgIpc) is 2.28. The average molecular weight is 252 g/mol. The number of carbonyl (C=O) groups excluding carboxylic acids is 1. The third-order valence-corrected chi connectivity index (χ3v) is 2.55. The van der Waals surface area contributed by atoms with E-state index in [1.54, 1.807) is 6.07 Å². The molecule has 0 aromatic heterocycles. The van der Waals surface area contributed by atoms with Crippen molar-refractivity contribution in [3.63, 3.8) is 0 Å². The van der Waals surface area contributed by atoms with E-state index >= 15 is 0 Å². The Morgan fingerprint density at radius 3 is 2.72 bits per heavy atom. The molecule has 4 N–H and O–H groups in total. The van der Waals surface area contributed by atoms with E-state index in [9.17, 15) is 9.90 Å². The zero-order chi connectivity index (χ0) is 13.7. The fourth-order valence-electron chi connectivity index (χ4n) is 1.74. The van der Waals surface area contributed by atoms with Crippen molar-refractivity contribution in [2.24, 2.45) is 5.73 Å². The molecule has 5 heteroatoms. The van der Waals surface area contributed by atoms with E-state index in [1.807, 2.05) is 13.8 Å². The number of benzene rings is 1. The van der Waals surface area contributed by atoms with Gasteiger partial charge < -0.3 is 20.9 Å². The van der Waals surface area contributed by atoms with Crippen LogP contribution in [0.25, 0.3) is 0 Å². The van der Waals surface area contributed by atoms with Crippen molar-refractivity contribution in [3.8, 4) is 11.5 Å². The second-order valence-corrected chi connectivity index (χ2v) is 4.47. The van der Waals surface area contributed by atoms with Crippen LogP contribution in [0.1, 0.15) is 30.6 Å². The van der Waals surface area contributed by atoms with E-state index in [0.717, 1.165) is 0 Å². The Morgan fingerprint density at radius 2 is 2.17 bits per heavy atom. The summed E-state index contributed by atoms with van der Waals surface area (Å²) in [5.41, 5.74) is 5.86. The van der Waals surface area contributed by atoms with Gasteiger partial charge in [0.1, 0.15) is 11.5 Å². The molecule has 0 aliphatic heterocycles. The van der Waals surface area contributed by atoms with Crippen LogP contribution in [0, 0.1) is 0 Å². The Labute approximate surface area is 107 Å². The van der Waals surface area contributed by atoms with Gasteiger partial charge in [0.15, 0.2) is 0 Å². The molecule has 0 saturated heterocycles. The Hall–Kier alpha value is -1.75. The molecule has 0 spiro atoms. The molecule has 2 atom stereocenters. The number of carbonyl (C=O) groups is 1. The molecule has 18 heavy (non-hydrogen) atoms. The molecule has 5 nitrogen and oxygen atoms in total. The molecule has 0 radical (unpaired) electrons. The van der Waals surface area contributed by atoms with E-state index in [1.165, 1.54) is 19.2 Å². The van der Waals surface area contributed by atoms with Crippen LogP contribution in [0.2, 0.25) is 0 Å². The van der Waals surface area contributed by atoms with E-state index in [4.69, 9.17) is 10.5 Å². The van der Waals surface area contributed by atoms with Crippen LogP contribution >= 0.6 is 0 Å². The van der Waals surface area contributed by atoms with Crippen molar-refractivity contribution in [1.29, 1.82) is 0 Å². The van der Waals surface area contributed by atoms with Crippen LogP contribution in [0.5, 0.6) is 11.5 Å². The monoisotopic (exact) mass is 252 g/mol. The molecule has 0 saturated carbocycles. The van der Waals surface area contributed by atoms with E-state index in [-0.39, 0.29) is 29.3 Å². The minimum atomic E-state index is -0.334. The summed E-state index contributed by atoms with van der Waals surface area (Å²) in [6, 6.07) is 4.49. The minimum Gasteiger partial charge on any atom is -0.507 e. The Balaban J connectivity index is 2.77. The molecular weight excluding hydrogens is 232 g/mol. The third-order valence-electron chi connectivity index (χ3n) is 2.55. The van der Waals surface area contributed by atoms with Crippen molar-refractivity contribution in [1.82, 2.24) is 5.32 Å². The van der Waals surface area contributed by atoms with Crippen LogP contribution in [0.3, 0.4) is 0 Å². The summed E-state index contributed by atoms with van der Waals surface area (Å²) < 4.78 is 5.02. The van der Waals surface area contributed by atoms with E-state index < -0.39 is 0 Å². The molecule has 100 valence electrons. The number of aromatic hydroxyl groups is 1. The minimum absolute atomic E-state index is 0.0132. The number of amides is 1. The number of hydrogen-bond donors (Lipinski definition) is 3. The maximum Gasteiger partial charge on any atom is 0.255 e. The number of nitrogens with one attached hydrogen (secondary N) is 1. The first-order valence-electron chi connectivity index (χ1n) is 5.87. The molecule has 2 unspecified atom stereocenters. The SMILES string of the molecule is COc1ccc(O)c(C(=O)NC(C)CC(C)N)c1. The van der Waals surface area contributed by atoms with E-state index in [0.29, 0.717) is 12.2 Å². The Kier molecular flexibility index (Phi) is 4.97. The van der Waals surface area contributed by atoms with Gasteiger partial charge in [-0.25, -0.2) is 0 Å². The predicted molar refractivity (Wildman–Crippen MR) is 69.9 cm³/mol. The first kappa shape index (κ1) is 14.3. The number of hydrogen-bond acceptors (Lipinski definition) is 4. The van der Waals surface area contributed by atoms with Gasteiger partial charge in [0, 0.05) is 12.1 Å². The van der Waals surface area contributed by atoms with Gasteiger partial charge in [0.25, 0.3) is 5.91 Å². The molecular formula is C13H20N2O3. The van der Waals surface area contributed by atoms with Gasteiger partial charge >= 0.3 is 0 Å². The summed E-state index contributed by atoms with van der Waals surface area (Å²) in [5.74, 6) is 0.124. The fourth-order valence-corrected chi connectivity index (χ4v) is 1.74. The molecule has 0 heterocycles. The van der Waals surface area contributed by atoms with Crippen molar-refractivity contribution >= 4 is 5.91 Å². The van der Waals surface area contributed by atoms with Gasteiger partial charge in [0.05, 0.1) is 12.7 Å². The second-order valence-electron chi connectivity index (χ2n) is 4.47. The van der Waals surface area contributed by atoms with Crippen LogP contribution in [0.15, 0.2) is 18.2 Å². The molecule has 0 aliphatic rings. The van der Waals surface area contributed by atoms with Gasteiger partial charge in [-0.3, -0.25) is 4.79 Å². The smallest absolute Gasteiger partial charge is 0.255 e. The molecule has 1 aromatic carbocycles. The summed E-state index contributed by atoms with van der Waals surface area (Å²) in [4.78, 5) is 12.0. The zero-order valence-electron chi connectivity index (χ0n) is 10.9. The summed E-state index contributed by atoms with van der Waals surface area (Å²) in [6.07, 6.45) is 0.677. The molecule has 1 rings (SSSR count). The zero-order valence-corrected chi connectivity index (χ0v) is 10.9. The quantitative estimate of drug-likeness (QED) is 0.736. The maximum atomic E-state index is 12.0. The summed E-state index contributed by atoms with van der Waals surface area (Å²) in [6.45, 7) is 3.75. The summed E-state index contributed by atoms with van der Waals surface area (Å²) >= 11 is 0. The predicted octanol–water partition coefficient (Wildman–Crippen LogP) is 1.26. The van der Waals surface area contributed by atoms with E-state index in [2.05, 4.69) is 5.32 Å². The van der Waals surface area contributed by atoms with Gasteiger partial charge in [0.2, 0.25) is 0 Å². The lowest BCUT2D eigenvalue weighted by Crippen LogP contribution is -2.36. The normalized spacial score (nSPS) is 13.8. The van der Waals surface area contributed by atoms with Crippen LogP contribution in [0.4, 0.5) is 0 Å². The first-order chi connectivity index (χ1) is 8.43. The lowest BCUT2D eigenvalue weighted by Gasteiger charge is -2.16. The molecule has 0 aliphatic carbocycles. The van der Waals surface area contributed by atoms with Crippen LogP contribution in [-0.2, 0) is 0 Å². The van der Waals surface area contributed by atoms with Crippen molar-refractivity contribution in [2.75, 3.05) is 7.11 Å². The number of phenolic OH excluding ortho intramolecular Hbond substituents is 1. The molecule has 0 fully saturated rings. The number of methoxy groups -OCH3 is 1. The molecule has 1 amide bonds. The highest BCUT2D eigenvalue weighted by atomic mass is 16.5. The van der Waals surface area contributed by atoms with Gasteiger partial charge in [-0.05, 0) is 38.5 Å². The number of phenols is 1. The van der Waals surface area contributed by atoms with Gasteiger partial charge in [-0.2, -0.15) is 0 Å². The highest BCUT2D eigenvalue weighted by Gasteiger charge is 2.15. The third kappa shape index (κ3) is 3.92. The molecule has 1 aromatic rings. The number of rotatable bonds is 5. The lowest BCUT2D eigenvalue weighted by atomic mass is 10.1. The molecule has 0 bridgehead atoms. The lowest BCUT2D eigenvalue weighted by molar-refractivity contribution is 0.0934.